The Hall–Kier alpha value is -2.80. The van der Waals surface area contributed by atoms with E-state index < -0.39 is 5.41 Å². The van der Waals surface area contributed by atoms with E-state index in [2.05, 4.69) is 11.4 Å². The number of hydrogen-bond acceptors (Lipinski definition) is 3. The van der Waals surface area contributed by atoms with E-state index in [-0.39, 0.29) is 5.91 Å². The maximum Gasteiger partial charge on any atom is 0.257 e. The Labute approximate surface area is 124 Å². The Kier molecular flexibility index (Phi) is 3.95. The van der Waals surface area contributed by atoms with Crippen molar-refractivity contribution in [3.8, 4) is 6.07 Å². The molecule has 0 aliphatic rings. The van der Waals surface area contributed by atoms with Crippen LogP contribution in [0.5, 0.6) is 0 Å². The number of nitrogen functional groups attached to an aromatic ring is 1. The fraction of sp³-hybridized carbons (Fsp3) is 0.176. The molecule has 0 unspecified atom stereocenters. The van der Waals surface area contributed by atoms with Crippen LogP contribution in [-0.2, 0) is 5.41 Å². The third-order valence-electron chi connectivity index (χ3n) is 3.35. The van der Waals surface area contributed by atoms with Crippen LogP contribution >= 0.6 is 0 Å². The first kappa shape index (κ1) is 14.6. The highest BCUT2D eigenvalue weighted by atomic mass is 16.1. The Bertz CT molecular complexity index is 697. The molecule has 4 heteroatoms. The number of nitrogens with one attached hydrogen (secondary N) is 1. The molecular formula is C17H17N3O. The zero-order valence-corrected chi connectivity index (χ0v) is 12.1. The normalized spacial score (nSPS) is 10.7. The van der Waals surface area contributed by atoms with Gasteiger partial charge in [-0.3, -0.25) is 4.79 Å². The first-order chi connectivity index (χ1) is 9.94. The quantitative estimate of drug-likeness (QED) is 0.846. The van der Waals surface area contributed by atoms with E-state index in [1.165, 1.54) is 0 Å². The molecule has 0 radical (unpaired) electrons. The van der Waals surface area contributed by atoms with E-state index in [1.54, 1.807) is 36.4 Å². The number of hydrogen-bond donors (Lipinski definition) is 2. The minimum atomic E-state index is -0.549. The number of carbonyl (C=O) groups excluding carboxylic acids is 1. The molecule has 2 aromatic carbocycles. The number of benzene rings is 2. The van der Waals surface area contributed by atoms with Gasteiger partial charge in [-0.05, 0) is 43.7 Å². The molecule has 106 valence electrons. The molecule has 0 aromatic heterocycles. The van der Waals surface area contributed by atoms with Crippen LogP contribution < -0.4 is 11.1 Å². The lowest BCUT2D eigenvalue weighted by molar-refractivity contribution is 0.102. The van der Waals surface area contributed by atoms with Gasteiger partial charge in [0.05, 0.1) is 17.0 Å². The summed E-state index contributed by atoms with van der Waals surface area (Å²) < 4.78 is 0. The van der Waals surface area contributed by atoms with Gasteiger partial charge in [0.2, 0.25) is 0 Å². The van der Waals surface area contributed by atoms with Crippen molar-refractivity contribution in [2.24, 2.45) is 0 Å². The molecule has 0 atom stereocenters. The van der Waals surface area contributed by atoms with Gasteiger partial charge in [-0.2, -0.15) is 5.26 Å². The van der Waals surface area contributed by atoms with Crippen LogP contribution in [0.2, 0.25) is 0 Å². The minimum absolute atomic E-state index is 0.250. The highest BCUT2D eigenvalue weighted by Gasteiger charge is 2.19. The Morgan fingerprint density at radius 3 is 2.33 bits per heavy atom. The molecule has 0 saturated heterocycles. The van der Waals surface area contributed by atoms with E-state index in [0.29, 0.717) is 16.9 Å². The number of amides is 1. The average Bonchev–Trinajstić information content (AvgIpc) is 2.48. The lowest BCUT2D eigenvalue weighted by atomic mass is 9.86. The predicted molar refractivity (Wildman–Crippen MR) is 83.9 cm³/mol. The van der Waals surface area contributed by atoms with Gasteiger partial charge in [-0.1, -0.05) is 24.3 Å². The summed E-state index contributed by atoms with van der Waals surface area (Å²) in [6, 6.07) is 16.4. The number of nitriles is 1. The number of nitrogens with zero attached hydrogens (tertiary/aromatic N) is 1. The van der Waals surface area contributed by atoms with Crippen molar-refractivity contribution < 1.29 is 4.79 Å². The second-order valence-electron chi connectivity index (χ2n) is 5.36. The van der Waals surface area contributed by atoms with Crippen LogP contribution in [0.4, 0.5) is 11.4 Å². The summed E-state index contributed by atoms with van der Waals surface area (Å²) in [6.07, 6.45) is 0. The van der Waals surface area contributed by atoms with Crippen LogP contribution in [-0.4, -0.2) is 5.91 Å². The molecule has 0 fully saturated rings. The molecule has 0 heterocycles. The van der Waals surface area contributed by atoms with Crippen molar-refractivity contribution in [2.45, 2.75) is 19.3 Å². The van der Waals surface area contributed by atoms with Crippen LogP contribution in [0.25, 0.3) is 0 Å². The van der Waals surface area contributed by atoms with E-state index in [1.807, 2.05) is 26.0 Å². The van der Waals surface area contributed by atoms with Gasteiger partial charge in [-0.25, -0.2) is 0 Å². The van der Waals surface area contributed by atoms with Crippen molar-refractivity contribution in [2.75, 3.05) is 11.1 Å². The first-order valence-corrected chi connectivity index (χ1v) is 6.62. The van der Waals surface area contributed by atoms with Crippen LogP contribution in [0.15, 0.2) is 48.5 Å². The molecule has 3 N–H and O–H groups in total. The van der Waals surface area contributed by atoms with Crippen molar-refractivity contribution in [1.82, 2.24) is 0 Å². The van der Waals surface area contributed by atoms with Gasteiger partial charge >= 0.3 is 0 Å². The molecule has 1 amide bonds. The predicted octanol–water partition coefficient (Wildman–Crippen LogP) is 3.32. The standard InChI is InChI=1S/C17H17N3O/c1-17(2,11-18)12-7-9-13(10-8-12)20-16(21)14-5-3-4-6-15(14)19/h3-10H,19H2,1-2H3,(H,20,21). The maximum absolute atomic E-state index is 12.1. The van der Waals surface area contributed by atoms with Gasteiger partial charge in [0.1, 0.15) is 0 Å². The molecule has 0 spiro atoms. The summed E-state index contributed by atoms with van der Waals surface area (Å²) in [6.45, 7) is 3.70. The monoisotopic (exact) mass is 279 g/mol. The van der Waals surface area contributed by atoms with Gasteiger partial charge < -0.3 is 11.1 Å². The first-order valence-electron chi connectivity index (χ1n) is 6.62. The third kappa shape index (κ3) is 3.21. The van der Waals surface area contributed by atoms with E-state index in [4.69, 9.17) is 11.0 Å². The summed E-state index contributed by atoms with van der Waals surface area (Å²) in [4.78, 5) is 12.1. The maximum atomic E-state index is 12.1. The minimum Gasteiger partial charge on any atom is -0.398 e. The summed E-state index contributed by atoms with van der Waals surface area (Å²) in [5.74, 6) is -0.250. The van der Waals surface area contributed by atoms with E-state index in [9.17, 15) is 4.79 Å². The zero-order chi connectivity index (χ0) is 15.5. The number of carbonyl (C=O) groups is 1. The fourth-order valence-corrected chi connectivity index (χ4v) is 1.94. The summed E-state index contributed by atoms with van der Waals surface area (Å²) in [5, 5.41) is 11.9. The van der Waals surface area contributed by atoms with Gasteiger partial charge in [0.25, 0.3) is 5.91 Å². The second-order valence-corrected chi connectivity index (χ2v) is 5.36. The summed E-state index contributed by atoms with van der Waals surface area (Å²) in [5.41, 5.74) is 7.69. The average molecular weight is 279 g/mol. The Balaban J connectivity index is 2.17. The lowest BCUT2D eigenvalue weighted by Crippen LogP contribution is -2.15. The molecule has 2 rings (SSSR count). The van der Waals surface area contributed by atoms with Crippen LogP contribution in [0.1, 0.15) is 29.8 Å². The molecule has 21 heavy (non-hydrogen) atoms. The fourth-order valence-electron chi connectivity index (χ4n) is 1.94. The van der Waals surface area contributed by atoms with Gasteiger partial charge in [0.15, 0.2) is 0 Å². The molecule has 0 aliphatic carbocycles. The number of anilines is 2. The summed E-state index contributed by atoms with van der Waals surface area (Å²) >= 11 is 0. The highest BCUT2D eigenvalue weighted by Crippen LogP contribution is 2.24. The van der Waals surface area contributed by atoms with Crippen molar-refractivity contribution in [1.29, 1.82) is 5.26 Å². The van der Waals surface area contributed by atoms with E-state index >= 15 is 0 Å². The van der Waals surface area contributed by atoms with Crippen LogP contribution in [0.3, 0.4) is 0 Å². The lowest BCUT2D eigenvalue weighted by Gasteiger charge is -2.16. The van der Waals surface area contributed by atoms with Crippen molar-refractivity contribution >= 4 is 17.3 Å². The van der Waals surface area contributed by atoms with E-state index in [0.717, 1.165) is 5.56 Å². The van der Waals surface area contributed by atoms with Gasteiger partial charge in [0, 0.05) is 11.4 Å². The van der Waals surface area contributed by atoms with Gasteiger partial charge in [-0.15, -0.1) is 0 Å². The van der Waals surface area contributed by atoms with Crippen molar-refractivity contribution in [3.63, 3.8) is 0 Å². The molecule has 4 nitrogen and oxygen atoms in total. The Morgan fingerprint density at radius 1 is 1.14 bits per heavy atom. The number of nitrogens with two attached hydrogens (primary N) is 1. The molecular weight excluding hydrogens is 262 g/mol. The molecule has 0 aliphatic heterocycles. The summed E-state index contributed by atoms with van der Waals surface area (Å²) in [7, 11) is 0. The zero-order valence-electron chi connectivity index (χ0n) is 12.1. The second kappa shape index (κ2) is 5.68. The highest BCUT2D eigenvalue weighted by molar-refractivity contribution is 6.07. The SMILES string of the molecule is CC(C)(C#N)c1ccc(NC(=O)c2ccccc2N)cc1. The van der Waals surface area contributed by atoms with Crippen LogP contribution in [0, 0.1) is 11.3 Å². The number of para-hydroxylation sites is 1. The Morgan fingerprint density at radius 2 is 1.76 bits per heavy atom. The smallest absolute Gasteiger partial charge is 0.257 e. The van der Waals surface area contributed by atoms with Crippen molar-refractivity contribution in [3.05, 3.63) is 59.7 Å². The third-order valence-corrected chi connectivity index (χ3v) is 3.35. The topological polar surface area (TPSA) is 78.9 Å². The molecule has 0 bridgehead atoms. The number of rotatable bonds is 3. The molecule has 2 aromatic rings. The molecule has 0 saturated carbocycles. The largest absolute Gasteiger partial charge is 0.398 e.